The van der Waals surface area contributed by atoms with Crippen LogP contribution in [-0.4, -0.2) is 25.3 Å². The summed E-state index contributed by atoms with van der Waals surface area (Å²) < 4.78 is 10.7. The molecular formula is C17H18N4O3. The van der Waals surface area contributed by atoms with Crippen molar-refractivity contribution in [3.8, 4) is 11.5 Å². The predicted molar refractivity (Wildman–Crippen MR) is 92.5 cm³/mol. The van der Waals surface area contributed by atoms with E-state index in [2.05, 4.69) is 10.2 Å². The first-order chi connectivity index (χ1) is 11.5. The molecule has 0 bridgehead atoms. The number of carbonyl (C=O) groups excluding carboxylic acids is 1. The summed E-state index contributed by atoms with van der Waals surface area (Å²) in [7, 11) is 1.48. The number of esters is 1. The number of hydrogen-bond acceptors (Lipinski definition) is 5. The van der Waals surface area contributed by atoms with E-state index in [4.69, 9.17) is 20.9 Å². The zero-order chi connectivity index (χ0) is 17.5. The van der Waals surface area contributed by atoms with Crippen LogP contribution in [0.2, 0.25) is 0 Å². The molecule has 0 aliphatic rings. The second-order valence-corrected chi connectivity index (χ2v) is 4.88. The molecule has 0 heterocycles. The number of benzene rings is 2. The Kier molecular flexibility index (Phi) is 5.51. The van der Waals surface area contributed by atoms with E-state index in [1.54, 1.807) is 30.3 Å². The molecule has 24 heavy (non-hydrogen) atoms. The molecule has 124 valence electrons. The number of carbonyl (C=O) groups is 1. The Morgan fingerprint density at radius 3 is 2.54 bits per heavy atom. The molecule has 0 radical (unpaired) electrons. The summed E-state index contributed by atoms with van der Waals surface area (Å²) in [6, 6.07) is 12.2. The molecule has 0 saturated carbocycles. The van der Waals surface area contributed by atoms with Crippen molar-refractivity contribution < 1.29 is 14.3 Å². The van der Waals surface area contributed by atoms with E-state index < -0.39 is 5.97 Å². The van der Waals surface area contributed by atoms with Crippen LogP contribution in [0.3, 0.4) is 0 Å². The van der Waals surface area contributed by atoms with Crippen LogP contribution in [0.1, 0.15) is 21.5 Å². The van der Waals surface area contributed by atoms with Crippen LogP contribution in [0.4, 0.5) is 0 Å². The smallest absolute Gasteiger partial charge is 0.343 e. The van der Waals surface area contributed by atoms with E-state index in [1.807, 2.05) is 19.1 Å². The van der Waals surface area contributed by atoms with Crippen molar-refractivity contribution in [3.05, 3.63) is 59.2 Å². The number of hydrogen-bond donors (Lipinski definition) is 2. The molecule has 0 saturated heterocycles. The van der Waals surface area contributed by atoms with Gasteiger partial charge in [0.25, 0.3) is 0 Å². The SMILES string of the molecule is COc1cc(/C=N/N=C(N)N)ccc1OC(=O)c1ccccc1C. The van der Waals surface area contributed by atoms with Gasteiger partial charge < -0.3 is 20.9 Å². The van der Waals surface area contributed by atoms with Gasteiger partial charge in [0.15, 0.2) is 11.5 Å². The molecule has 2 aromatic carbocycles. The highest BCUT2D eigenvalue weighted by molar-refractivity contribution is 5.93. The number of methoxy groups -OCH3 is 1. The van der Waals surface area contributed by atoms with Gasteiger partial charge in [0.1, 0.15) is 0 Å². The molecule has 0 unspecified atom stereocenters. The molecule has 0 amide bonds. The lowest BCUT2D eigenvalue weighted by Gasteiger charge is -2.10. The highest BCUT2D eigenvalue weighted by atomic mass is 16.6. The van der Waals surface area contributed by atoms with E-state index in [1.165, 1.54) is 13.3 Å². The number of nitrogens with two attached hydrogens (primary N) is 2. The van der Waals surface area contributed by atoms with Crippen molar-refractivity contribution in [2.45, 2.75) is 6.92 Å². The molecule has 0 aliphatic carbocycles. The molecule has 0 atom stereocenters. The first kappa shape index (κ1) is 17.0. The van der Waals surface area contributed by atoms with Crippen molar-refractivity contribution >= 4 is 18.1 Å². The Labute approximate surface area is 139 Å². The number of aryl methyl sites for hydroxylation is 1. The third-order valence-electron chi connectivity index (χ3n) is 3.14. The van der Waals surface area contributed by atoms with Gasteiger partial charge in [0.2, 0.25) is 5.96 Å². The van der Waals surface area contributed by atoms with E-state index in [-0.39, 0.29) is 5.96 Å². The molecular weight excluding hydrogens is 308 g/mol. The highest BCUT2D eigenvalue weighted by Crippen LogP contribution is 2.28. The summed E-state index contributed by atoms with van der Waals surface area (Å²) in [5.74, 6) is 0.116. The second-order valence-electron chi connectivity index (χ2n) is 4.88. The molecule has 0 aromatic heterocycles. The normalized spacial score (nSPS) is 10.4. The van der Waals surface area contributed by atoms with Crippen LogP contribution in [0.25, 0.3) is 0 Å². The Morgan fingerprint density at radius 2 is 1.88 bits per heavy atom. The summed E-state index contributed by atoms with van der Waals surface area (Å²) >= 11 is 0. The molecule has 0 aliphatic heterocycles. The fourth-order valence-corrected chi connectivity index (χ4v) is 1.97. The topological polar surface area (TPSA) is 112 Å². The van der Waals surface area contributed by atoms with Crippen molar-refractivity contribution in [1.82, 2.24) is 0 Å². The molecule has 2 rings (SSSR count). The van der Waals surface area contributed by atoms with Crippen molar-refractivity contribution in [2.75, 3.05) is 7.11 Å². The largest absolute Gasteiger partial charge is 0.493 e. The zero-order valence-corrected chi connectivity index (χ0v) is 13.4. The maximum absolute atomic E-state index is 12.3. The van der Waals surface area contributed by atoms with Crippen LogP contribution < -0.4 is 20.9 Å². The van der Waals surface area contributed by atoms with E-state index in [9.17, 15) is 4.79 Å². The standard InChI is InChI=1S/C17H18N4O3/c1-11-5-3-4-6-13(11)16(22)24-14-8-7-12(9-15(14)23-2)10-20-21-17(18)19/h3-10H,1-2H3,(H4,18,19,21)/b20-10+. The zero-order valence-electron chi connectivity index (χ0n) is 13.4. The van der Waals surface area contributed by atoms with Gasteiger partial charge in [0, 0.05) is 0 Å². The Hall–Kier alpha value is -3.35. The van der Waals surface area contributed by atoms with Gasteiger partial charge in [-0.2, -0.15) is 5.10 Å². The molecule has 0 fully saturated rings. The molecule has 7 nitrogen and oxygen atoms in total. The van der Waals surface area contributed by atoms with Crippen molar-refractivity contribution in [2.24, 2.45) is 21.7 Å². The van der Waals surface area contributed by atoms with Crippen LogP contribution in [-0.2, 0) is 0 Å². The average molecular weight is 326 g/mol. The summed E-state index contributed by atoms with van der Waals surface area (Å²) in [6.07, 6.45) is 1.45. The van der Waals surface area contributed by atoms with Gasteiger partial charge in [-0.05, 0) is 42.3 Å². The molecule has 0 spiro atoms. The fraction of sp³-hybridized carbons (Fsp3) is 0.118. The molecule has 4 N–H and O–H groups in total. The Morgan fingerprint density at radius 1 is 1.12 bits per heavy atom. The number of ether oxygens (including phenoxy) is 2. The molecule has 2 aromatic rings. The summed E-state index contributed by atoms with van der Waals surface area (Å²) in [4.78, 5) is 12.3. The van der Waals surface area contributed by atoms with Crippen LogP contribution in [0, 0.1) is 6.92 Å². The third kappa shape index (κ3) is 4.33. The van der Waals surface area contributed by atoms with Gasteiger partial charge in [-0.25, -0.2) is 4.79 Å². The fourth-order valence-electron chi connectivity index (χ4n) is 1.97. The predicted octanol–water partition coefficient (Wildman–Crippen LogP) is 1.83. The van der Waals surface area contributed by atoms with Crippen LogP contribution in [0.15, 0.2) is 52.7 Å². The minimum absolute atomic E-state index is 0.137. The Balaban J connectivity index is 2.22. The van der Waals surface area contributed by atoms with E-state index in [0.717, 1.165) is 5.56 Å². The number of guanidine groups is 1. The third-order valence-corrected chi connectivity index (χ3v) is 3.14. The van der Waals surface area contributed by atoms with Crippen LogP contribution in [0.5, 0.6) is 11.5 Å². The lowest BCUT2D eigenvalue weighted by molar-refractivity contribution is 0.0729. The van der Waals surface area contributed by atoms with E-state index in [0.29, 0.717) is 22.6 Å². The van der Waals surface area contributed by atoms with Gasteiger partial charge in [0.05, 0.1) is 18.9 Å². The van der Waals surface area contributed by atoms with Crippen molar-refractivity contribution in [1.29, 1.82) is 0 Å². The second kappa shape index (κ2) is 7.77. The minimum Gasteiger partial charge on any atom is -0.493 e. The van der Waals surface area contributed by atoms with Crippen molar-refractivity contribution in [3.63, 3.8) is 0 Å². The lowest BCUT2D eigenvalue weighted by atomic mass is 10.1. The summed E-state index contributed by atoms with van der Waals surface area (Å²) in [5, 5.41) is 7.23. The van der Waals surface area contributed by atoms with E-state index >= 15 is 0 Å². The summed E-state index contributed by atoms with van der Waals surface area (Å²) in [5.41, 5.74) is 12.4. The monoisotopic (exact) mass is 326 g/mol. The maximum Gasteiger partial charge on any atom is 0.343 e. The quantitative estimate of drug-likeness (QED) is 0.286. The lowest BCUT2D eigenvalue weighted by Crippen LogP contribution is -2.21. The average Bonchev–Trinajstić information content (AvgIpc) is 2.56. The van der Waals surface area contributed by atoms with Gasteiger partial charge in [-0.1, -0.05) is 18.2 Å². The molecule has 7 heteroatoms. The maximum atomic E-state index is 12.3. The number of rotatable bonds is 5. The minimum atomic E-state index is -0.451. The van der Waals surface area contributed by atoms with Gasteiger partial charge in [-0.3, -0.25) is 0 Å². The Bertz CT molecular complexity index is 796. The summed E-state index contributed by atoms with van der Waals surface area (Å²) in [6.45, 7) is 1.84. The first-order valence-corrected chi connectivity index (χ1v) is 7.09. The highest BCUT2D eigenvalue weighted by Gasteiger charge is 2.14. The first-order valence-electron chi connectivity index (χ1n) is 7.09. The van der Waals surface area contributed by atoms with Crippen LogP contribution >= 0.6 is 0 Å². The number of nitrogens with zero attached hydrogens (tertiary/aromatic N) is 2. The van der Waals surface area contributed by atoms with Gasteiger partial charge in [-0.15, -0.1) is 5.10 Å². The van der Waals surface area contributed by atoms with Gasteiger partial charge >= 0.3 is 5.97 Å².